The topological polar surface area (TPSA) is 12.9 Å². The summed E-state index contributed by atoms with van der Waals surface area (Å²) in [7, 11) is 0. The lowest BCUT2D eigenvalue weighted by Crippen LogP contribution is -2.16. The largest absolute Gasteiger partial charge is 0.264 e. The van der Waals surface area contributed by atoms with Gasteiger partial charge in [-0.3, -0.25) is 4.98 Å². The molecule has 0 saturated carbocycles. The first kappa shape index (κ1) is 9.70. The molecule has 1 nitrogen and oxygen atoms in total. The number of rotatable bonds is 2. The highest BCUT2D eigenvalue weighted by Gasteiger charge is 2.18. The molecule has 0 aromatic carbocycles. The molecule has 0 saturated heterocycles. The Morgan fingerprint density at radius 1 is 1.43 bits per heavy atom. The number of hydrogen-bond donors (Lipinski definition) is 0. The fourth-order valence-corrected chi connectivity index (χ4v) is 2.52. The highest BCUT2D eigenvalue weighted by Crippen LogP contribution is 2.28. The molecule has 76 valence electrons. The minimum Gasteiger partial charge on any atom is -0.264 e. The Morgan fingerprint density at radius 3 is 3.07 bits per heavy atom. The monoisotopic (exact) mass is 189 g/mol. The second-order valence-corrected chi connectivity index (χ2v) is 4.88. The molecular weight excluding hydrogens is 170 g/mol. The van der Waals surface area contributed by atoms with Crippen LogP contribution in [-0.4, -0.2) is 4.98 Å². The summed E-state index contributed by atoms with van der Waals surface area (Å²) in [5.74, 6) is 1.74. The standard InChI is InChI=1S/C13H19N/c1-10(2)7-11-3-4-13-9-14-6-5-12(13)8-11/h5-6,9-11H,3-4,7-8H2,1-2H3. The molecule has 1 atom stereocenters. The molecule has 0 radical (unpaired) electrons. The average molecular weight is 189 g/mol. The number of pyridine rings is 1. The summed E-state index contributed by atoms with van der Waals surface area (Å²) < 4.78 is 0. The molecule has 14 heavy (non-hydrogen) atoms. The quantitative estimate of drug-likeness (QED) is 0.696. The molecule has 1 unspecified atom stereocenters. The Kier molecular flexibility index (Phi) is 2.85. The van der Waals surface area contributed by atoms with Crippen LogP contribution in [0.5, 0.6) is 0 Å². The molecule has 1 heterocycles. The third-order valence-corrected chi connectivity index (χ3v) is 3.14. The van der Waals surface area contributed by atoms with Crippen molar-refractivity contribution in [2.75, 3.05) is 0 Å². The average Bonchev–Trinajstić information content (AvgIpc) is 2.17. The molecule has 0 bridgehead atoms. The lowest BCUT2D eigenvalue weighted by Gasteiger charge is -2.25. The van der Waals surface area contributed by atoms with Crippen LogP contribution in [0.3, 0.4) is 0 Å². The molecule has 0 amide bonds. The van der Waals surface area contributed by atoms with E-state index in [0.29, 0.717) is 0 Å². The zero-order valence-electron chi connectivity index (χ0n) is 9.16. The van der Waals surface area contributed by atoms with Gasteiger partial charge < -0.3 is 0 Å². The van der Waals surface area contributed by atoms with E-state index in [9.17, 15) is 0 Å². The Morgan fingerprint density at radius 2 is 2.29 bits per heavy atom. The van der Waals surface area contributed by atoms with Crippen molar-refractivity contribution in [1.82, 2.24) is 4.98 Å². The molecule has 1 aromatic rings. The molecule has 1 aromatic heterocycles. The Labute approximate surface area is 86.6 Å². The van der Waals surface area contributed by atoms with Gasteiger partial charge in [-0.25, -0.2) is 0 Å². The Balaban J connectivity index is 2.06. The van der Waals surface area contributed by atoms with E-state index < -0.39 is 0 Å². The van der Waals surface area contributed by atoms with Crippen molar-refractivity contribution >= 4 is 0 Å². The van der Waals surface area contributed by atoms with Crippen molar-refractivity contribution in [2.24, 2.45) is 11.8 Å². The molecular formula is C13H19N. The fourth-order valence-electron chi connectivity index (χ4n) is 2.52. The van der Waals surface area contributed by atoms with Crippen molar-refractivity contribution in [3.05, 3.63) is 29.6 Å². The smallest absolute Gasteiger partial charge is 0.0302 e. The number of aryl methyl sites for hydroxylation is 1. The summed E-state index contributed by atoms with van der Waals surface area (Å²) >= 11 is 0. The number of hydrogen-bond acceptors (Lipinski definition) is 1. The molecule has 0 aliphatic heterocycles. The van der Waals surface area contributed by atoms with Crippen LogP contribution >= 0.6 is 0 Å². The first-order chi connectivity index (χ1) is 6.75. The van der Waals surface area contributed by atoms with E-state index in [-0.39, 0.29) is 0 Å². The van der Waals surface area contributed by atoms with Crippen LogP contribution in [0.2, 0.25) is 0 Å². The molecule has 1 aliphatic rings. The molecule has 0 spiro atoms. The van der Waals surface area contributed by atoms with E-state index in [1.165, 1.54) is 36.8 Å². The van der Waals surface area contributed by atoms with Crippen molar-refractivity contribution in [1.29, 1.82) is 0 Å². The zero-order valence-corrected chi connectivity index (χ0v) is 9.16. The summed E-state index contributed by atoms with van der Waals surface area (Å²) in [4.78, 5) is 4.18. The van der Waals surface area contributed by atoms with E-state index in [0.717, 1.165) is 11.8 Å². The van der Waals surface area contributed by atoms with E-state index in [1.807, 2.05) is 12.4 Å². The van der Waals surface area contributed by atoms with Gasteiger partial charge in [0.1, 0.15) is 0 Å². The van der Waals surface area contributed by atoms with Crippen LogP contribution in [0.15, 0.2) is 18.5 Å². The fraction of sp³-hybridized carbons (Fsp3) is 0.615. The predicted molar refractivity (Wildman–Crippen MR) is 59.2 cm³/mol. The van der Waals surface area contributed by atoms with Gasteiger partial charge in [0.05, 0.1) is 0 Å². The van der Waals surface area contributed by atoms with E-state index in [2.05, 4.69) is 24.9 Å². The highest BCUT2D eigenvalue weighted by atomic mass is 14.6. The van der Waals surface area contributed by atoms with Crippen LogP contribution in [0.4, 0.5) is 0 Å². The van der Waals surface area contributed by atoms with Crippen LogP contribution in [-0.2, 0) is 12.8 Å². The lowest BCUT2D eigenvalue weighted by molar-refractivity contribution is 0.369. The van der Waals surface area contributed by atoms with Crippen LogP contribution in [0.1, 0.15) is 37.8 Å². The maximum Gasteiger partial charge on any atom is 0.0302 e. The van der Waals surface area contributed by atoms with E-state index >= 15 is 0 Å². The van der Waals surface area contributed by atoms with Crippen LogP contribution in [0.25, 0.3) is 0 Å². The Bertz CT molecular complexity index is 304. The van der Waals surface area contributed by atoms with Gasteiger partial charge in [-0.15, -0.1) is 0 Å². The summed E-state index contributed by atoms with van der Waals surface area (Å²) in [6.07, 6.45) is 9.22. The third kappa shape index (κ3) is 2.14. The molecule has 1 aliphatic carbocycles. The summed E-state index contributed by atoms with van der Waals surface area (Å²) in [5, 5.41) is 0. The number of aromatic nitrogens is 1. The maximum absolute atomic E-state index is 4.18. The van der Waals surface area contributed by atoms with Gasteiger partial charge in [0.25, 0.3) is 0 Å². The normalized spacial score (nSPS) is 20.9. The maximum atomic E-state index is 4.18. The van der Waals surface area contributed by atoms with Gasteiger partial charge in [0.2, 0.25) is 0 Å². The Hall–Kier alpha value is -0.850. The van der Waals surface area contributed by atoms with E-state index in [1.54, 1.807) is 0 Å². The first-order valence-corrected chi connectivity index (χ1v) is 5.67. The second kappa shape index (κ2) is 4.12. The summed E-state index contributed by atoms with van der Waals surface area (Å²) in [6.45, 7) is 4.64. The molecule has 1 heteroatoms. The molecule has 0 fully saturated rings. The van der Waals surface area contributed by atoms with Gasteiger partial charge in [0.15, 0.2) is 0 Å². The van der Waals surface area contributed by atoms with Crippen molar-refractivity contribution in [3.8, 4) is 0 Å². The third-order valence-electron chi connectivity index (χ3n) is 3.14. The van der Waals surface area contributed by atoms with Crippen LogP contribution in [0, 0.1) is 11.8 Å². The number of fused-ring (bicyclic) bond motifs is 1. The number of nitrogens with zero attached hydrogens (tertiary/aromatic N) is 1. The van der Waals surface area contributed by atoms with Crippen LogP contribution < -0.4 is 0 Å². The summed E-state index contributed by atoms with van der Waals surface area (Å²) in [6, 6.07) is 2.20. The molecule has 0 N–H and O–H groups in total. The predicted octanol–water partition coefficient (Wildman–Crippen LogP) is 3.23. The van der Waals surface area contributed by atoms with Gasteiger partial charge in [-0.05, 0) is 54.7 Å². The van der Waals surface area contributed by atoms with Crippen molar-refractivity contribution < 1.29 is 0 Å². The van der Waals surface area contributed by atoms with Gasteiger partial charge in [-0.2, -0.15) is 0 Å². The SMILES string of the molecule is CC(C)CC1CCc2cnccc2C1. The minimum absolute atomic E-state index is 0.836. The minimum atomic E-state index is 0.836. The lowest BCUT2D eigenvalue weighted by atomic mass is 9.81. The van der Waals surface area contributed by atoms with Crippen molar-refractivity contribution in [3.63, 3.8) is 0 Å². The zero-order chi connectivity index (χ0) is 9.97. The van der Waals surface area contributed by atoms with Gasteiger partial charge in [0, 0.05) is 12.4 Å². The van der Waals surface area contributed by atoms with Crippen molar-refractivity contribution in [2.45, 2.75) is 39.5 Å². The molecule has 2 rings (SSSR count). The second-order valence-electron chi connectivity index (χ2n) is 4.88. The van der Waals surface area contributed by atoms with Gasteiger partial charge >= 0.3 is 0 Å². The first-order valence-electron chi connectivity index (χ1n) is 5.67. The summed E-state index contributed by atoms with van der Waals surface area (Å²) in [5.41, 5.74) is 3.02. The van der Waals surface area contributed by atoms with E-state index in [4.69, 9.17) is 0 Å². The van der Waals surface area contributed by atoms with Gasteiger partial charge in [-0.1, -0.05) is 13.8 Å². The highest BCUT2D eigenvalue weighted by molar-refractivity contribution is 5.26.